The second kappa shape index (κ2) is 7.16. The highest BCUT2D eigenvalue weighted by atomic mass is 16.6. The minimum atomic E-state index is -1.10. The van der Waals surface area contributed by atoms with Gasteiger partial charge in [0.25, 0.3) is 0 Å². The van der Waals surface area contributed by atoms with E-state index in [1.807, 2.05) is 13.8 Å². The number of carbonyl (C=O) groups excluding carboxylic acids is 1. The largest absolute Gasteiger partial charge is 0.456 e. The molecule has 2 aromatic heterocycles. The van der Waals surface area contributed by atoms with Gasteiger partial charge in [-0.25, -0.2) is 9.97 Å². The lowest BCUT2D eigenvalue weighted by Crippen LogP contribution is -2.43. The SMILES string of the molecule is CC(C)[C@H](N)C(=O)O[C@@H]1[C@H](O)C(CO)N[C@H]1c1c[nH]c2c(N)ncnc12. The number of hydrogen-bond acceptors (Lipinski definition) is 9. The monoisotopic (exact) mass is 364 g/mol. The van der Waals surface area contributed by atoms with E-state index in [0.29, 0.717) is 16.6 Å². The Balaban J connectivity index is 1.94. The Morgan fingerprint density at radius 2 is 2.15 bits per heavy atom. The van der Waals surface area contributed by atoms with Crippen LogP contribution in [0, 0.1) is 5.92 Å². The molecule has 1 fully saturated rings. The zero-order valence-electron chi connectivity index (χ0n) is 14.6. The number of fused-ring (bicyclic) bond motifs is 1. The highest BCUT2D eigenvalue weighted by molar-refractivity contribution is 5.87. The van der Waals surface area contributed by atoms with Crippen LogP contribution in [0.1, 0.15) is 25.5 Å². The van der Waals surface area contributed by atoms with E-state index in [1.54, 1.807) is 6.20 Å². The van der Waals surface area contributed by atoms with Crippen molar-refractivity contribution in [1.29, 1.82) is 0 Å². The molecular weight excluding hydrogens is 340 g/mol. The molecule has 0 aliphatic carbocycles. The summed E-state index contributed by atoms with van der Waals surface area (Å²) in [5, 5.41) is 23.1. The number of esters is 1. The lowest BCUT2D eigenvalue weighted by Gasteiger charge is -2.24. The van der Waals surface area contributed by atoms with Crippen LogP contribution in [0.15, 0.2) is 12.5 Å². The predicted octanol–water partition coefficient (Wildman–Crippen LogP) is -1.20. The zero-order chi connectivity index (χ0) is 19.0. The van der Waals surface area contributed by atoms with Gasteiger partial charge in [-0.3, -0.25) is 10.1 Å². The average Bonchev–Trinajstić information content (AvgIpc) is 3.17. The van der Waals surface area contributed by atoms with E-state index >= 15 is 0 Å². The Bertz CT molecular complexity index is 794. The molecule has 2 aromatic rings. The summed E-state index contributed by atoms with van der Waals surface area (Å²) >= 11 is 0. The molecule has 10 nitrogen and oxygen atoms in total. The van der Waals surface area contributed by atoms with Gasteiger partial charge < -0.3 is 31.4 Å². The molecular formula is C16H24N6O4. The summed E-state index contributed by atoms with van der Waals surface area (Å²) in [4.78, 5) is 23.5. The van der Waals surface area contributed by atoms with Crippen molar-refractivity contribution in [1.82, 2.24) is 20.3 Å². The number of anilines is 1. The Morgan fingerprint density at radius 3 is 2.81 bits per heavy atom. The molecule has 1 unspecified atom stereocenters. The molecule has 8 N–H and O–H groups in total. The van der Waals surface area contributed by atoms with E-state index in [2.05, 4.69) is 20.3 Å². The number of carbonyl (C=O) groups is 1. The second-order valence-electron chi connectivity index (χ2n) is 6.82. The number of nitrogen functional groups attached to an aromatic ring is 1. The van der Waals surface area contributed by atoms with E-state index in [9.17, 15) is 15.0 Å². The molecule has 1 aliphatic rings. The summed E-state index contributed by atoms with van der Waals surface area (Å²) in [6.45, 7) is 3.30. The number of hydrogen-bond donors (Lipinski definition) is 6. The fraction of sp³-hybridized carbons (Fsp3) is 0.562. The first-order valence-corrected chi connectivity index (χ1v) is 8.43. The van der Waals surface area contributed by atoms with Gasteiger partial charge in [0.1, 0.15) is 30.1 Å². The third-order valence-corrected chi connectivity index (χ3v) is 4.77. The molecule has 0 saturated carbocycles. The quantitative estimate of drug-likeness (QED) is 0.356. The van der Waals surface area contributed by atoms with Crippen LogP contribution < -0.4 is 16.8 Å². The Labute approximate surface area is 149 Å². The van der Waals surface area contributed by atoms with Gasteiger partial charge in [-0.05, 0) is 5.92 Å². The first-order chi connectivity index (χ1) is 12.3. The van der Waals surface area contributed by atoms with Crippen molar-refractivity contribution >= 4 is 22.8 Å². The van der Waals surface area contributed by atoms with Crippen molar-refractivity contribution in [3.63, 3.8) is 0 Å². The van der Waals surface area contributed by atoms with Gasteiger partial charge >= 0.3 is 5.97 Å². The van der Waals surface area contributed by atoms with Crippen LogP contribution in [0.5, 0.6) is 0 Å². The molecule has 0 radical (unpaired) electrons. The lowest BCUT2D eigenvalue weighted by molar-refractivity contribution is -0.157. The summed E-state index contributed by atoms with van der Waals surface area (Å²) in [7, 11) is 0. The third-order valence-electron chi connectivity index (χ3n) is 4.77. The second-order valence-corrected chi connectivity index (χ2v) is 6.82. The standard InChI is InChI=1S/C16H24N6O4/c1-6(2)9(17)16(25)26-14-11(22-8(4-23)13(14)24)7-3-19-12-10(7)20-5-21-15(12)18/h3,5-6,8-9,11,13-14,19,22-24H,4,17H2,1-2H3,(H2,18,20,21)/t8?,9-,11-,13+,14-/m0/s1. The molecule has 0 bridgehead atoms. The predicted molar refractivity (Wildman–Crippen MR) is 93.8 cm³/mol. The molecule has 1 saturated heterocycles. The van der Waals surface area contributed by atoms with Crippen LogP contribution in [-0.2, 0) is 9.53 Å². The number of nitrogens with two attached hydrogens (primary N) is 2. The number of aromatic amines is 1. The summed E-state index contributed by atoms with van der Waals surface area (Å²) in [5.41, 5.74) is 13.5. The van der Waals surface area contributed by atoms with Gasteiger partial charge in [-0.1, -0.05) is 13.8 Å². The maximum atomic E-state index is 12.3. The summed E-state index contributed by atoms with van der Waals surface area (Å²) in [6, 6.07) is -2.05. The number of nitrogens with one attached hydrogen (secondary N) is 2. The van der Waals surface area contributed by atoms with Crippen molar-refractivity contribution in [2.45, 2.75) is 44.2 Å². The first-order valence-electron chi connectivity index (χ1n) is 8.43. The molecule has 10 heteroatoms. The fourth-order valence-electron chi connectivity index (χ4n) is 3.12. The molecule has 3 rings (SSSR count). The number of H-pyrrole nitrogens is 1. The van der Waals surface area contributed by atoms with Crippen LogP contribution in [0.4, 0.5) is 5.82 Å². The number of aromatic nitrogens is 3. The lowest BCUT2D eigenvalue weighted by atomic mass is 10.0. The van der Waals surface area contributed by atoms with Crippen LogP contribution in [0.2, 0.25) is 0 Å². The van der Waals surface area contributed by atoms with E-state index < -0.39 is 36.3 Å². The minimum Gasteiger partial charge on any atom is -0.456 e. The normalized spacial score (nSPS) is 27.2. The summed E-state index contributed by atoms with van der Waals surface area (Å²) in [6.07, 6.45) is 0.972. The molecule has 142 valence electrons. The zero-order valence-corrected chi connectivity index (χ0v) is 14.6. The Hall–Kier alpha value is -2.27. The van der Waals surface area contributed by atoms with Crippen LogP contribution in [0.3, 0.4) is 0 Å². The van der Waals surface area contributed by atoms with E-state index in [-0.39, 0.29) is 18.3 Å². The van der Waals surface area contributed by atoms with Crippen molar-refractivity contribution in [2.75, 3.05) is 12.3 Å². The minimum absolute atomic E-state index is 0.110. The Morgan fingerprint density at radius 1 is 1.42 bits per heavy atom. The van der Waals surface area contributed by atoms with Crippen LogP contribution in [0.25, 0.3) is 11.0 Å². The van der Waals surface area contributed by atoms with Crippen molar-refractivity contribution in [2.24, 2.45) is 11.7 Å². The fourth-order valence-corrected chi connectivity index (χ4v) is 3.12. The molecule has 0 aromatic carbocycles. The molecule has 0 spiro atoms. The van der Waals surface area contributed by atoms with E-state index in [1.165, 1.54) is 6.33 Å². The molecule has 0 amide bonds. The third kappa shape index (κ3) is 3.12. The number of nitrogens with zero attached hydrogens (tertiary/aromatic N) is 2. The van der Waals surface area contributed by atoms with Crippen molar-refractivity contribution in [3.8, 4) is 0 Å². The van der Waals surface area contributed by atoms with Gasteiger partial charge in [-0.15, -0.1) is 0 Å². The maximum Gasteiger partial charge on any atom is 0.323 e. The van der Waals surface area contributed by atoms with Crippen molar-refractivity contribution < 1.29 is 19.7 Å². The topological polar surface area (TPSA) is 172 Å². The number of aliphatic hydroxyl groups excluding tert-OH is 2. The van der Waals surface area contributed by atoms with Gasteiger partial charge in [0.2, 0.25) is 0 Å². The highest BCUT2D eigenvalue weighted by Gasteiger charge is 2.46. The number of ether oxygens (including phenoxy) is 1. The molecule has 1 aliphatic heterocycles. The van der Waals surface area contributed by atoms with E-state index in [0.717, 1.165) is 0 Å². The summed E-state index contributed by atoms with van der Waals surface area (Å²) in [5.74, 6) is -0.431. The number of rotatable bonds is 5. The number of aliphatic hydroxyl groups is 2. The first kappa shape index (κ1) is 18.5. The van der Waals surface area contributed by atoms with Crippen LogP contribution in [-0.4, -0.2) is 62.0 Å². The average molecular weight is 364 g/mol. The Kier molecular flexibility index (Phi) is 5.10. The van der Waals surface area contributed by atoms with Gasteiger partial charge in [0.05, 0.1) is 24.2 Å². The van der Waals surface area contributed by atoms with Gasteiger partial charge in [-0.2, -0.15) is 0 Å². The maximum absolute atomic E-state index is 12.3. The molecule has 5 atom stereocenters. The van der Waals surface area contributed by atoms with Gasteiger partial charge in [0, 0.05) is 11.8 Å². The summed E-state index contributed by atoms with van der Waals surface area (Å²) < 4.78 is 5.52. The highest BCUT2D eigenvalue weighted by Crippen LogP contribution is 2.34. The van der Waals surface area contributed by atoms with Gasteiger partial charge in [0.15, 0.2) is 5.82 Å². The molecule has 3 heterocycles. The smallest absolute Gasteiger partial charge is 0.323 e. The van der Waals surface area contributed by atoms with Crippen molar-refractivity contribution in [3.05, 3.63) is 18.1 Å². The van der Waals surface area contributed by atoms with E-state index in [4.69, 9.17) is 16.2 Å². The molecule has 26 heavy (non-hydrogen) atoms. The van der Waals surface area contributed by atoms with Crippen LogP contribution >= 0.6 is 0 Å².